The predicted molar refractivity (Wildman–Crippen MR) is 49.4 cm³/mol. The van der Waals surface area contributed by atoms with E-state index in [4.69, 9.17) is 25.6 Å². The third-order valence-corrected chi connectivity index (χ3v) is 1.33. The first-order valence-corrected chi connectivity index (χ1v) is 3.87. The number of rotatable bonds is 1. The summed E-state index contributed by atoms with van der Waals surface area (Å²) in [6, 6.07) is 1.20. The van der Waals surface area contributed by atoms with E-state index in [0.717, 1.165) is 6.07 Å². The summed E-state index contributed by atoms with van der Waals surface area (Å²) in [5.74, 6) is -2.21. The van der Waals surface area contributed by atoms with Crippen LogP contribution in [0, 0.1) is 17.5 Å². The van der Waals surface area contributed by atoms with Crippen LogP contribution in [0.15, 0.2) is 12.1 Å². The Balaban J connectivity index is 0.000000366. The largest absolute Gasteiger partial charge is 0.473 e. The number of hydrogen-bond acceptors (Lipinski definition) is 4. The van der Waals surface area contributed by atoms with Crippen LogP contribution in [-0.2, 0) is 9.59 Å². The highest BCUT2D eigenvalue weighted by Crippen LogP contribution is 2.17. The molecule has 0 spiro atoms. The first kappa shape index (κ1) is 14.7. The summed E-state index contributed by atoms with van der Waals surface area (Å²) in [5, 5.41) is 14.8. The van der Waals surface area contributed by atoms with E-state index < -0.39 is 35.1 Å². The Labute approximate surface area is 92.4 Å². The number of nitrogen functional groups attached to an aromatic ring is 1. The van der Waals surface area contributed by atoms with Crippen molar-refractivity contribution in [2.75, 3.05) is 5.43 Å². The number of nitrogens with two attached hydrogens (primary N) is 1. The molecule has 94 valence electrons. The number of anilines is 1. The quantitative estimate of drug-likeness (QED) is 0.251. The van der Waals surface area contributed by atoms with Crippen LogP contribution in [0.2, 0.25) is 0 Å². The number of nitrogens with one attached hydrogen (secondary N) is 1. The van der Waals surface area contributed by atoms with E-state index in [1.165, 1.54) is 0 Å². The molecule has 9 heteroatoms. The summed E-state index contributed by atoms with van der Waals surface area (Å²) >= 11 is 0. The second-order valence-corrected chi connectivity index (χ2v) is 2.50. The molecule has 0 aliphatic rings. The molecule has 0 saturated carbocycles. The van der Waals surface area contributed by atoms with Gasteiger partial charge in [-0.1, -0.05) is 0 Å². The molecule has 0 fully saturated rings. The lowest BCUT2D eigenvalue weighted by atomic mass is 10.3. The van der Waals surface area contributed by atoms with E-state index >= 15 is 0 Å². The maximum atomic E-state index is 12.5. The van der Waals surface area contributed by atoms with Gasteiger partial charge in [0, 0.05) is 12.1 Å². The van der Waals surface area contributed by atoms with Gasteiger partial charge in [-0.15, -0.1) is 0 Å². The number of halogens is 3. The minimum Gasteiger partial charge on any atom is -0.473 e. The Hall–Kier alpha value is -2.29. The van der Waals surface area contributed by atoms with Crippen molar-refractivity contribution in [3.8, 4) is 0 Å². The molecule has 0 atom stereocenters. The topological polar surface area (TPSA) is 113 Å². The summed E-state index contributed by atoms with van der Waals surface area (Å²) < 4.78 is 37.1. The minimum atomic E-state index is -1.82. The van der Waals surface area contributed by atoms with Gasteiger partial charge in [-0.2, -0.15) is 0 Å². The van der Waals surface area contributed by atoms with Crippen LogP contribution in [0.1, 0.15) is 0 Å². The number of benzene rings is 1. The SMILES string of the molecule is NNc1cc(F)cc(F)c1F.O=C(O)C(=O)O. The molecule has 17 heavy (non-hydrogen) atoms. The Kier molecular flexibility index (Phi) is 5.47. The summed E-state index contributed by atoms with van der Waals surface area (Å²) in [5.41, 5.74) is 1.42. The van der Waals surface area contributed by atoms with E-state index in [0.29, 0.717) is 6.07 Å². The van der Waals surface area contributed by atoms with Gasteiger partial charge in [0.15, 0.2) is 11.6 Å². The van der Waals surface area contributed by atoms with Crippen molar-refractivity contribution in [2.24, 2.45) is 5.84 Å². The van der Waals surface area contributed by atoms with Crippen LogP contribution < -0.4 is 11.3 Å². The van der Waals surface area contributed by atoms with Crippen molar-refractivity contribution in [3.63, 3.8) is 0 Å². The van der Waals surface area contributed by atoms with Crippen LogP contribution in [-0.4, -0.2) is 22.2 Å². The van der Waals surface area contributed by atoms with Crippen molar-refractivity contribution in [2.45, 2.75) is 0 Å². The normalized spacial score (nSPS) is 8.94. The Bertz CT molecular complexity index is 427. The highest BCUT2D eigenvalue weighted by atomic mass is 19.2. The molecule has 0 unspecified atom stereocenters. The van der Waals surface area contributed by atoms with Gasteiger partial charge in [-0.25, -0.2) is 22.8 Å². The van der Waals surface area contributed by atoms with Gasteiger partial charge in [0.1, 0.15) is 5.82 Å². The second-order valence-electron chi connectivity index (χ2n) is 2.50. The number of carbonyl (C=O) groups is 2. The molecule has 0 radical (unpaired) electrons. The maximum Gasteiger partial charge on any atom is 0.414 e. The molecule has 5 N–H and O–H groups in total. The number of hydrogen-bond donors (Lipinski definition) is 4. The van der Waals surface area contributed by atoms with Gasteiger partial charge in [0.2, 0.25) is 0 Å². The highest BCUT2D eigenvalue weighted by Gasteiger charge is 2.08. The van der Waals surface area contributed by atoms with Crippen molar-refractivity contribution >= 4 is 17.6 Å². The molecule has 0 saturated heterocycles. The highest BCUT2D eigenvalue weighted by molar-refractivity contribution is 6.27. The van der Waals surface area contributed by atoms with Crippen LogP contribution >= 0.6 is 0 Å². The number of aliphatic carboxylic acids is 2. The Morgan fingerprint density at radius 2 is 1.59 bits per heavy atom. The summed E-state index contributed by atoms with van der Waals surface area (Å²) in [4.78, 5) is 18.2. The van der Waals surface area contributed by atoms with Gasteiger partial charge in [-0.05, 0) is 0 Å². The fourth-order valence-corrected chi connectivity index (χ4v) is 0.661. The molecular weight excluding hydrogens is 245 g/mol. The molecule has 1 aromatic rings. The lowest BCUT2D eigenvalue weighted by Gasteiger charge is -2.01. The Morgan fingerprint density at radius 1 is 1.12 bits per heavy atom. The molecule has 0 bridgehead atoms. The lowest BCUT2D eigenvalue weighted by Crippen LogP contribution is -2.09. The summed E-state index contributed by atoms with van der Waals surface area (Å²) in [7, 11) is 0. The molecule has 0 aromatic heterocycles. The zero-order valence-electron chi connectivity index (χ0n) is 8.08. The standard InChI is InChI=1S/C6H5F3N2.C2H2O4/c7-3-1-4(8)6(9)5(2-3)11-10;3-1(4)2(5)6/h1-2,11H,10H2;(H,3,4)(H,5,6). The van der Waals surface area contributed by atoms with Crippen LogP contribution in [0.3, 0.4) is 0 Å². The molecule has 0 amide bonds. The second kappa shape index (κ2) is 6.33. The average molecular weight is 252 g/mol. The zero-order valence-corrected chi connectivity index (χ0v) is 8.08. The van der Waals surface area contributed by atoms with Gasteiger partial charge < -0.3 is 15.6 Å². The molecule has 0 aliphatic carbocycles. The number of hydrazine groups is 1. The predicted octanol–water partition coefficient (Wildman–Crippen LogP) is 0.545. The third kappa shape index (κ3) is 4.84. The van der Waals surface area contributed by atoms with Gasteiger partial charge >= 0.3 is 11.9 Å². The van der Waals surface area contributed by atoms with Crippen molar-refractivity contribution < 1.29 is 33.0 Å². The number of carboxylic acids is 2. The number of carboxylic acid groups (broad SMARTS) is 2. The maximum absolute atomic E-state index is 12.5. The van der Waals surface area contributed by atoms with Gasteiger partial charge in [-0.3, -0.25) is 5.84 Å². The fourth-order valence-electron chi connectivity index (χ4n) is 0.661. The van der Waals surface area contributed by atoms with Crippen LogP contribution in [0.25, 0.3) is 0 Å². The average Bonchev–Trinajstić information content (AvgIpc) is 2.24. The van der Waals surface area contributed by atoms with Gasteiger partial charge in [0.25, 0.3) is 0 Å². The van der Waals surface area contributed by atoms with E-state index in [9.17, 15) is 13.2 Å². The molecule has 6 nitrogen and oxygen atoms in total. The fraction of sp³-hybridized carbons (Fsp3) is 0. The summed E-state index contributed by atoms with van der Waals surface area (Å²) in [6.07, 6.45) is 0. The van der Waals surface area contributed by atoms with Crippen molar-refractivity contribution in [1.82, 2.24) is 0 Å². The van der Waals surface area contributed by atoms with Crippen molar-refractivity contribution in [3.05, 3.63) is 29.6 Å². The molecule has 0 aliphatic heterocycles. The first-order valence-electron chi connectivity index (χ1n) is 3.87. The van der Waals surface area contributed by atoms with Crippen LogP contribution in [0.4, 0.5) is 18.9 Å². The summed E-state index contributed by atoms with van der Waals surface area (Å²) in [6.45, 7) is 0. The van der Waals surface area contributed by atoms with E-state index in [2.05, 4.69) is 0 Å². The Morgan fingerprint density at radius 3 is 1.94 bits per heavy atom. The smallest absolute Gasteiger partial charge is 0.414 e. The lowest BCUT2D eigenvalue weighted by molar-refractivity contribution is -0.159. The van der Waals surface area contributed by atoms with Crippen LogP contribution in [0.5, 0.6) is 0 Å². The molecule has 1 aromatic carbocycles. The van der Waals surface area contributed by atoms with E-state index in [-0.39, 0.29) is 0 Å². The minimum absolute atomic E-state index is 0.400. The molecule has 1 rings (SSSR count). The zero-order chi connectivity index (χ0) is 13.6. The van der Waals surface area contributed by atoms with E-state index in [1.807, 2.05) is 5.43 Å². The van der Waals surface area contributed by atoms with Gasteiger partial charge in [0.05, 0.1) is 5.69 Å². The van der Waals surface area contributed by atoms with Crippen molar-refractivity contribution in [1.29, 1.82) is 0 Å². The molecule has 0 heterocycles. The molecular formula is C8H7F3N2O4. The third-order valence-electron chi connectivity index (χ3n) is 1.33. The first-order chi connectivity index (χ1) is 7.79. The van der Waals surface area contributed by atoms with E-state index in [1.54, 1.807) is 0 Å². The monoisotopic (exact) mass is 252 g/mol.